The van der Waals surface area contributed by atoms with Gasteiger partial charge in [0.2, 0.25) is 11.9 Å². The number of hydrogen-bond donors (Lipinski definition) is 3. The molecule has 3 heterocycles. The molecule has 11 heteroatoms. The van der Waals surface area contributed by atoms with Crippen LogP contribution in [0.1, 0.15) is 37.1 Å². The van der Waals surface area contributed by atoms with Crippen molar-refractivity contribution in [2.75, 3.05) is 25.0 Å². The number of aromatic amines is 1. The Morgan fingerprint density at radius 1 is 1.16 bits per heavy atom. The molecule has 0 bridgehead atoms. The number of nitrogens with zero attached hydrogens (tertiary/aromatic N) is 4. The first kappa shape index (κ1) is 25.9. The minimum absolute atomic E-state index is 0.0688. The van der Waals surface area contributed by atoms with Crippen molar-refractivity contribution in [3.8, 4) is 0 Å². The maximum absolute atomic E-state index is 13.1. The normalized spacial score (nSPS) is 20.7. The fraction of sp³-hybridized carbons (Fsp3) is 0.308. The van der Waals surface area contributed by atoms with E-state index >= 15 is 0 Å². The average molecular weight is 512 g/mol. The molecule has 1 saturated heterocycles. The summed E-state index contributed by atoms with van der Waals surface area (Å²) in [4.78, 5) is 23.3. The van der Waals surface area contributed by atoms with E-state index in [0.29, 0.717) is 42.4 Å². The lowest BCUT2D eigenvalue weighted by Gasteiger charge is -2.29. The summed E-state index contributed by atoms with van der Waals surface area (Å²) in [5, 5.41) is 13.1. The number of aliphatic imine (C=N–C) groups is 2. The van der Waals surface area contributed by atoms with Crippen molar-refractivity contribution in [3.05, 3.63) is 71.2 Å². The second-order valence-corrected chi connectivity index (χ2v) is 8.73. The number of allylic oxidation sites excluding steroid dienone is 3. The van der Waals surface area contributed by atoms with Gasteiger partial charge in [0.15, 0.2) is 5.82 Å². The number of guanidine groups is 1. The van der Waals surface area contributed by atoms with Crippen LogP contribution in [0.2, 0.25) is 0 Å². The van der Waals surface area contributed by atoms with Crippen LogP contribution in [0.3, 0.4) is 0 Å². The smallest absolute Gasteiger partial charge is 0.353 e. The number of anilines is 1. The molecule has 194 valence electrons. The third-order valence-corrected chi connectivity index (χ3v) is 5.82. The Morgan fingerprint density at radius 2 is 2.00 bits per heavy atom. The molecule has 2 aliphatic heterocycles. The zero-order valence-electron chi connectivity index (χ0n) is 20.5. The van der Waals surface area contributed by atoms with E-state index in [2.05, 4.69) is 20.8 Å². The van der Waals surface area contributed by atoms with E-state index in [1.165, 1.54) is 6.07 Å². The number of piperazine rings is 1. The van der Waals surface area contributed by atoms with Crippen molar-refractivity contribution >= 4 is 35.5 Å². The summed E-state index contributed by atoms with van der Waals surface area (Å²) in [6, 6.07) is 6.93. The standard InChI is InChI=1S/C26H28F3N7O/c1-3-5-20-15-22(35-34-20)32-25-31-21(10-9-18-6-4-7-19(14-18)26(27,28)29)17(2)8-11-23(33-25)36-13-12-30-24(37)16-36/h3-7,9-11,14-15,17H,8,12-13,16H2,1-2H3,(H,30,37)(H2,32,33,34,35)/b5-3+,10-9+,23-11-,31-21?. The fourth-order valence-electron chi connectivity index (χ4n) is 3.89. The SMILES string of the molecule is C/C=C/c1cc(NC2=N/C(N3CCNC(=O)C3)=C/CC(C)C(/C=C/c3cccc(C(F)(F)F)c3)=N2)n[nH]1. The lowest BCUT2D eigenvalue weighted by Crippen LogP contribution is -2.47. The van der Waals surface area contributed by atoms with Crippen LogP contribution in [0.15, 0.2) is 64.4 Å². The Hall–Kier alpha value is -4.15. The van der Waals surface area contributed by atoms with Gasteiger partial charge in [0.25, 0.3) is 0 Å². The summed E-state index contributed by atoms with van der Waals surface area (Å²) in [5.74, 6) is 1.23. The molecule has 3 N–H and O–H groups in total. The summed E-state index contributed by atoms with van der Waals surface area (Å²) < 4.78 is 39.4. The summed E-state index contributed by atoms with van der Waals surface area (Å²) in [7, 11) is 0. The van der Waals surface area contributed by atoms with Gasteiger partial charge in [0.1, 0.15) is 5.82 Å². The number of amides is 1. The number of halogens is 3. The van der Waals surface area contributed by atoms with Gasteiger partial charge < -0.3 is 15.5 Å². The van der Waals surface area contributed by atoms with Gasteiger partial charge in [0.05, 0.1) is 17.8 Å². The highest BCUT2D eigenvalue weighted by atomic mass is 19.4. The van der Waals surface area contributed by atoms with Crippen LogP contribution in [0.25, 0.3) is 12.2 Å². The zero-order valence-corrected chi connectivity index (χ0v) is 20.5. The fourth-order valence-corrected chi connectivity index (χ4v) is 3.89. The van der Waals surface area contributed by atoms with Crippen LogP contribution < -0.4 is 10.6 Å². The maximum Gasteiger partial charge on any atom is 0.416 e. The summed E-state index contributed by atoms with van der Waals surface area (Å²) in [6.45, 7) is 5.20. The Bertz CT molecular complexity index is 1290. The second kappa shape index (κ2) is 11.3. The number of hydrogen-bond acceptors (Lipinski definition) is 6. The molecule has 1 atom stereocenters. The van der Waals surface area contributed by atoms with E-state index in [9.17, 15) is 18.0 Å². The third kappa shape index (κ3) is 6.96. The molecule has 0 radical (unpaired) electrons. The number of aromatic nitrogens is 2. The predicted molar refractivity (Wildman–Crippen MR) is 139 cm³/mol. The van der Waals surface area contributed by atoms with Gasteiger partial charge in [-0.05, 0) is 49.3 Å². The van der Waals surface area contributed by atoms with Gasteiger partial charge in [-0.2, -0.15) is 23.3 Å². The second-order valence-electron chi connectivity index (χ2n) is 8.73. The number of H-pyrrole nitrogens is 1. The molecular formula is C26H28F3N7O. The number of rotatable bonds is 5. The van der Waals surface area contributed by atoms with Crippen molar-refractivity contribution in [2.24, 2.45) is 15.9 Å². The highest BCUT2D eigenvalue weighted by Gasteiger charge is 2.30. The van der Waals surface area contributed by atoms with E-state index < -0.39 is 11.7 Å². The van der Waals surface area contributed by atoms with Crippen LogP contribution in [0.4, 0.5) is 19.0 Å². The van der Waals surface area contributed by atoms with Gasteiger partial charge in [0, 0.05) is 30.8 Å². The first-order valence-corrected chi connectivity index (χ1v) is 11.9. The number of carbonyl (C=O) groups is 1. The van der Waals surface area contributed by atoms with Crippen LogP contribution >= 0.6 is 0 Å². The summed E-state index contributed by atoms with van der Waals surface area (Å²) >= 11 is 0. The van der Waals surface area contributed by atoms with E-state index in [4.69, 9.17) is 9.98 Å². The largest absolute Gasteiger partial charge is 0.416 e. The minimum atomic E-state index is -4.42. The van der Waals surface area contributed by atoms with E-state index in [-0.39, 0.29) is 24.3 Å². The van der Waals surface area contributed by atoms with Gasteiger partial charge in [-0.3, -0.25) is 9.89 Å². The van der Waals surface area contributed by atoms with Crippen LogP contribution in [0.5, 0.6) is 0 Å². The number of carbonyl (C=O) groups excluding carboxylic acids is 1. The Kier molecular flexibility index (Phi) is 7.90. The quantitative estimate of drug-likeness (QED) is 0.542. The Labute approximate surface area is 212 Å². The van der Waals surface area contributed by atoms with Gasteiger partial charge >= 0.3 is 6.18 Å². The number of benzene rings is 1. The Balaban J connectivity index is 1.67. The molecule has 1 aromatic carbocycles. The van der Waals surface area contributed by atoms with Gasteiger partial charge in [-0.15, -0.1) is 0 Å². The van der Waals surface area contributed by atoms with Crippen molar-refractivity contribution in [1.82, 2.24) is 20.4 Å². The highest BCUT2D eigenvalue weighted by Crippen LogP contribution is 2.30. The lowest BCUT2D eigenvalue weighted by molar-refractivity contribution is -0.137. The molecule has 0 aliphatic carbocycles. The molecule has 8 nitrogen and oxygen atoms in total. The monoisotopic (exact) mass is 511 g/mol. The average Bonchev–Trinajstić information content (AvgIpc) is 3.29. The van der Waals surface area contributed by atoms with Gasteiger partial charge in [-0.1, -0.05) is 31.2 Å². The van der Waals surface area contributed by atoms with E-state index in [1.807, 2.05) is 37.0 Å². The van der Waals surface area contributed by atoms with Crippen molar-refractivity contribution < 1.29 is 18.0 Å². The predicted octanol–water partition coefficient (Wildman–Crippen LogP) is 4.70. The topological polar surface area (TPSA) is 97.8 Å². The van der Waals surface area contributed by atoms with Crippen LogP contribution in [-0.4, -0.2) is 52.3 Å². The number of nitrogens with one attached hydrogen (secondary N) is 3. The Morgan fingerprint density at radius 3 is 2.76 bits per heavy atom. The third-order valence-electron chi connectivity index (χ3n) is 5.82. The highest BCUT2D eigenvalue weighted by molar-refractivity contribution is 6.10. The molecule has 1 aromatic heterocycles. The molecule has 1 fully saturated rings. The molecule has 1 amide bonds. The molecule has 2 aromatic rings. The molecule has 2 aliphatic rings. The molecule has 4 rings (SSSR count). The van der Waals surface area contributed by atoms with Crippen molar-refractivity contribution in [1.29, 1.82) is 0 Å². The van der Waals surface area contributed by atoms with Crippen molar-refractivity contribution in [3.63, 3.8) is 0 Å². The molecule has 0 spiro atoms. The van der Waals surface area contributed by atoms with Crippen molar-refractivity contribution in [2.45, 2.75) is 26.4 Å². The maximum atomic E-state index is 13.1. The summed E-state index contributed by atoms with van der Waals surface area (Å²) in [5.41, 5.74) is 1.14. The lowest BCUT2D eigenvalue weighted by atomic mass is 9.99. The molecule has 37 heavy (non-hydrogen) atoms. The number of alkyl halides is 3. The van der Waals surface area contributed by atoms with E-state index in [1.54, 1.807) is 24.3 Å². The summed E-state index contributed by atoms with van der Waals surface area (Å²) in [6.07, 6.45) is 5.19. The van der Waals surface area contributed by atoms with E-state index in [0.717, 1.165) is 17.8 Å². The zero-order chi connectivity index (χ0) is 26.4. The molecule has 1 unspecified atom stereocenters. The van der Waals surface area contributed by atoms with Gasteiger partial charge in [-0.25, -0.2) is 4.99 Å². The minimum Gasteiger partial charge on any atom is -0.353 e. The first-order valence-electron chi connectivity index (χ1n) is 11.9. The molecule has 0 saturated carbocycles. The molecular weight excluding hydrogens is 483 g/mol. The first-order chi connectivity index (χ1) is 17.7. The van der Waals surface area contributed by atoms with Crippen LogP contribution in [-0.2, 0) is 11.0 Å². The van der Waals surface area contributed by atoms with Crippen LogP contribution in [0, 0.1) is 5.92 Å².